The lowest BCUT2D eigenvalue weighted by Crippen LogP contribution is -2.14. The van der Waals surface area contributed by atoms with E-state index in [4.69, 9.17) is 0 Å². The van der Waals surface area contributed by atoms with E-state index in [9.17, 15) is 13.6 Å². The Bertz CT molecular complexity index is 405. The van der Waals surface area contributed by atoms with Gasteiger partial charge in [0.2, 0.25) is 0 Å². The summed E-state index contributed by atoms with van der Waals surface area (Å²) in [4.78, 5) is 13.3. The molecule has 0 spiro atoms. The molecule has 0 aliphatic carbocycles. The Morgan fingerprint density at radius 3 is 2.59 bits per heavy atom. The van der Waals surface area contributed by atoms with Crippen LogP contribution in [0.15, 0.2) is 18.2 Å². The first-order valence-corrected chi connectivity index (χ1v) is 5.13. The summed E-state index contributed by atoms with van der Waals surface area (Å²) in [7, 11) is 3.77. The van der Waals surface area contributed by atoms with Crippen molar-refractivity contribution >= 4 is 5.97 Å². The van der Waals surface area contributed by atoms with Crippen LogP contribution >= 0.6 is 0 Å². The average molecular weight is 243 g/mol. The van der Waals surface area contributed by atoms with Crippen LogP contribution in [0.5, 0.6) is 0 Å². The maximum atomic E-state index is 12.0. The second kappa shape index (κ2) is 5.72. The zero-order valence-electron chi connectivity index (χ0n) is 10.0. The van der Waals surface area contributed by atoms with Crippen LogP contribution in [0.1, 0.15) is 21.5 Å². The molecule has 0 atom stereocenters. The lowest BCUT2D eigenvalue weighted by molar-refractivity contribution is -0.0906. The molecule has 0 saturated heterocycles. The smallest absolute Gasteiger partial charge is 0.389 e. The van der Waals surface area contributed by atoms with Gasteiger partial charge >= 0.3 is 12.6 Å². The number of halogens is 2. The minimum atomic E-state index is -3.08. The second-order valence-corrected chi connectivity index (χ2v) is 4.05. The van der Waals surface area contributed by atoms with Crippen LogP contribution in [0.25, 0.3) is 0 Å². The minimum absolute atomic E-state index is 0.185. The van der Waals surface area contributed by atoms with Crippen molar-refractivity contribution in [3.8, 4) is 0 Å². The molecule has 94 valence electrons. The predicted molar refractivity (Wildman–Crippen MR) is 60.0 cm³/mol. The SMILES string of the molecule is Cc1ccc(CN(C)C)cc1C(=O)OC(F)F. The molecule has 0 heterocycles. The van der Waals surface area contributed by atoms with Gasteiger partial charge in [-0.2, -0.15) is 8.78 Å². The van der Waals surface area contributed by atoms with Crippen LogP contribution in [0.4, 0.5) is 8.78 Å². The summed E-state index contributed by atoms with van der Waals surface area (Å²) >= 11 is 0. The first-order valence-electron chi connectivity index (χ1n) is 5.13. The number of ether oxygens (including phenoxy) is 1. The van der Waals surface area contributed by atoms with E-state index in [0.717, 1.165) is 5.56 Å². The lowest BCUT2D eigenvalue weighted by atomic mass is 10.0. The molecule has 0 unspecified atom stereocenters. The molecule has 0 saturated carbocycles. The van der Waals surface area contributed by atoms with Crippen LogP contribution in [-0.4, -0.2) is 31.6 Å². The molecule has 0 fully saturated rings. The Morgan fingerprint density at radius 2 is 2.06 bits per heavy atom. The molecule has 0 aliphatic rings. The van der Waals surface area contributed by atoms with E-state index < -0.39 is 12.6 Å². The monoisotopic (exact) mass is 243 g/mol. The van der Waals surface area contributed by atoms with Crippen molar-refractivity contribution in [1.82, 2.24) is 4.90 Å². The molecule has 0 aliphatic heterocycles. The first kappa shape index (κ1) is 13.6. The Kier molecular flexibility index (Phi) is 4.57. The quantitative estimate of drug-likeness (QED) is 0.761. The Morgan fingerprint density at radius 1 is 1.41 bits per heavy atom. The summed E-state index contributed by atoms with van der Waals surface area (Å²) in [5.41, 5.74) is 1.68. The molecule has 0 aromatic heterocycles. The van der Waals surface area contributed by atoms with Crippen molar-refractivity contribution in [3.05, 3.63) is 34.9 Å². The number of hydrogen-bond donors (Lipinski definition) is 0. The van der Waals surface area contributed by atoms with E-state index in [1.54, 1.807) is 19.1 Å². The fourth-order valence-corrected chi connectivity index (χ4v) is 1.50. The molecule has 5 heteroatoms. The highest BCUT2D eigenvalue weighted by molar-refractivity contribution is 5.91. The van der Waals surface area contributed by atoms with Crippen LogP contribution in [0.3, 0.4) is 0 Å². The Balaban J connectivity index is 2.93. The van der Waals surface area contributed by atoms with E-state index in [1.807, 2.05) is 25.1 Å². The predicted octanol–water partition coefficient (Wildman–Crippen LogP) is 2.44. The lowest BCUT2D eigenvalue weighted by Gasteiger charge is -2.12. The highest BCUT2D eigenvalue weighted by Crippen LogP contribution is 2.15. The number of alkyl halides is 2. The van der Waals surface area contributed by atoms with Crippen molar-refractivity contribution in [3.63, 3.8) is 0 Å². The molecule has 1 aromatic rings. The van der Waals surface area contributed by atoms with Crippen molar-refractivity contribution in [2.75, 3.05) is 14.1 Å². The molecule has 3 nitrogen and oxygen atoms in total. The highest BCUT2D eigenvalue weighted by Gasteiger charge is 2.16. The standard InChI is InChI=1S/C12H15F2NO2/c1-8-4-5-9(7-15(2)3)6-10(8)11(16)17-12(13)14/h4-6,12H,7H2,1-3H3. The fraction of sp³-hybridized carbons (Fsp3) is 0.417. The molecule has 1 aromatic carbocycles. The number of rotatable bonds is 4. The van der Waals surface area contributed by atoms with E-state index in [-0.39, 0.29) is 5.56 Å². The molecule has 17 heavy (non-hydrogen) atoms. The van der Waals surface area contributed by atoms with Crippen LogP contribution < -0.4 is 0 Å². The zero-order chi connectivity index (χ0) is 13.0. The van der Waals surface area contributed by atoms with Gasteiger partial charge in [0.15, 0.2) is 0 Å². The number of esters is 1. The number of benzene rings is 1. The van der Waals surface area contributed by atoms with E-state index in [2.05, 4.69) is 4.74 Å². The van der Waals surface area contributed by atoms with Gasteiger partial charge in [-0.05, 0) is 38.2 Å². The molecule has 0 amide bonds. The summed E-state index contributed by atoms with van der Waals surface area (Å²) in [6.07, 6.45) is 0. The topological polar surface area (TPSA) is 29.5 Å². The number of nitrogens with zero attached hydrogens (tertiary/aromatic N) is 1. The van der Waals surface area contributed by atoms with Crippen LogP contribution in [0, 0.1) is 6.92 Å². The van der Waals surface area contributed by atoms with Crippen molar-refractivity contribution in [2.45, 2.75) is 20.1 Å². The number of carbonyl (C=O) groups excluding carboxylic acids is 1. The van der Waals surface area contributed by atoms with Gasteiger partial charge in [-0.3, -0.25) is 0 Å². The molecule has 0 N–H and O–H groups in total. The van der Waals surface area contributed by atoms with E-state index >= 15 is 0 Å². The largest absolute Gasteiger partial charge is 0.399 e. The van der Waals surface area contributed by atoms with E-state index in [0.29, 0.717) is 12.1 Å². The molecule has 0 radical (unpaired) electrons. The molecular formula is C12H15F2NO2. The van der Waals surface area contributed by atoms with Gasteiger partial charge in [-0.15, -0.1) is 0 Å². The second-order valence-electron chi connectivity index (χ2n) is 4.05. The normalized spacial score (nSPS) is 11.0. The van der Waals surface area contributed by atoms with Gasteiger partial charge in [0, 0.05) is 6.54 Å². The number of aryl methyl sites for hydroxylation is 1. The van der Waals surface area contributed by atoms with Crippen LogP contribution in [0.2, 0.25) is 0 Å². The number of hydrogen-bond acceptors (Lipinski definition) is 3. The number of carbonyl (C=O) groups is 1. The van der Waals surface area contributed by atoms with Gasteiger partial charge in [-0.1, -0.05) is 12.1 Å². The van der Waals surface area contributed by atoms with Gasteiger partial charge < -0.3 is 9.64 Å². The van der Waals surface area contributed by atoms with Gasteiger partial charge in [0.05, 0.1) is 5.56 Å². The van der Waals surface area contributed by atoms with E-state index in [1.165, 1.54) is 0 Å². The average Bonchev–Trinajstić information content (AvgIpc) is 2.19. The zero-order valence-corrected chi connectivity index (χ0v) is 10.0. The highest BCUT2D eigenvalue weighted by atomic mass is 19.3. The van der Waals surface area contributed by atoms with Crippen molar-refractivity contribution in [1.29, 1.82) is 0 Å². The maximum Gasteiger partial charge on any atom is 0.389 e. The fourth-order valence-electron chi connectivity index (χ4n) is 1.50. The molecular weight excluding hydrogens is 228 g/mol. The molecule has 0 bridgehead atoms. The third kappa shape index (κ3) is 4.11. The summed E-state index contributed by atoms with van der Waals surface area (Å²) in [6.45, 7) is -0.768. The van der Waals surface area contributed by atoms with Gasteiger partial charge in [0.1, 0.15) is 0 Å². The summed E-state index contributed by atoms with van der Waals surface area (Å²) in [6, 6.07) is 5.16. The molecule has 1 rings (SSSR count). The Hall–Kier alpha value is -1.49. The van der Waals surface area contributed by atoms with Crippen LogP contribution in [-0.2, 0) is 11.3 Å². The maximum absolute atomic E-state index is 12.0. The summed E-state index contributed by atoms with van der Waals surface area (Å²) in [5.74, 6) is -0.988. The summed E-state index contributed by atoms with van der Waals surface area (Å²) in [5, 5.41) is 0. The Labute approximate surface area is 99.0 Å². The van der Waals surface area contributed by atoms with Crippen molar-refractivity contribution in [2.24, 2.45) is 0 Å². The third-order valence-corrected chi connectivity index (χ3v) is 2.22. The minimum Gasteiger partial charge on any atom is -0.399 e. The third-order valence-electron chi connectivity index (χ3n) is 2.22. The van der Waals surface area contributed by atoms with Gasteiger partial charge in [0.25, 0.3) is 0 Å². The summed E-state index contributed by atoms with van der Waals surface area (Å²) < 4.78 is 27.8. The first-order chi connectivity index (χ1) is 7.90. The van der Waals surface area contributed by atoms with Gasteiger partial charge in [-0.25, -0.2) is 4.79 Å². The van der Waals surface area contributed by atoms with Crippen molar-refractivity contribution < 1.29 is 18.3 Å².